The van der Waals surface area contributed by atoms with Crippen LogP contribution in [-0.2, 0) is 13.5 Å². The number of nitrogens with zero attached hydrogens (tertiary/aromatic N) is 2. The Morgan fingerprint density at radius 1 is 1.35 bits per heavy atom. The first kappa shape index (κ1) is 15.6. The summed E-state index contributed by atoms with van der Waals surface area (Å²) in [5, 5.41) is 8.36. The molecule has 0 spiro atoms. The van der Waals surface area contributed by atoms with Gasteiger partial charge >= 0.3 is 0 Å². The van der Waals surface area contributed by atoms with Crippen LogP contribution in [0.2, 0.25) is 0 Å². The van der Waals surface area contributed by atoms with Crippen LogP contribution in [0.5, 0.6) is 0 Å². The second-order valence-corrected chi connectivity index (χ2v) is 6.53. The lowest BCUT2D eigenvalue weighted by Crippen LogP contribution is -2.45. The molecule has 20 heavy (non-hydrogen) atoms. The summed E-state index contributed by atoms with van der Waals surface area (Å²) in [6.07, 6.45) is 9.21. The van der Waals surface area contributed by atoms with E-state index in [2.05, 4.69) is 49.0 Å². The normalized spacial score (nSPS) is 19.4. The summed E-state index contributed by atoms with van der Waals surface area (Å²) < 4.78 is 2.06. The SMILES string of the molecule is CCCNC(Cc1cc(C)nn1C)C1(CC)CCCC1. The molecule has 3 nitrogen and oxygen atoms in total. The number of rotatable bonds is 7. The smallest absolute Gasteiger partial charge is 0.0596 e. The molecule has 0 radical (unpaired) electrons. The molecular formula is C17H31N3. The molecule has 1 aromatic heterocycles. The fourth-order valence-electron chi connectivity index (χ4n) is 3.92. The van der Waals surface area contributed by atoms with Crippen LogP contribution < -0.4 is 5.32 Å². The van der Waals surface area contributed by atoms with Crippen molar-refractivity contribution in [1.29, 1.82) is 0 Å². The van der Waals surface area contributed by atoms with Crippen molar-refractivity contribution in [3.63, 3.8) is 0 Å². The topological polar surface area (TPSA) is 29.9 Å². The molecule has 0 saturated heterocycles. The summed E-state index contributed by atoms with van der Waals surface area (Å²) in [4.78, 5) is 0. The second-order valence-electron chi connectivity index (χ2n) is 6.53. The van der Waals surface area contributed by atoms with Crippen molar-refractivity contribution in [3.8, 4) is 0 Å². The zero-order chi connectivity index (χ0) is 14.6. The number of aryl methyl sites for hydroxylation is 2. The van der Waals surface area contributed by atoms with E-state index < -0.39 is 0 Å². The molecule has 1 atom stereocenters. The molecule has 3 heteroatoms. The molecule has 0 aromatic carbocycles. The van der Waals surface area contributed by atoms with Crippen LogP contribution >= 0.6 is 0 Å². The van der Waals surface area contributed by atoms with Gasteiger partial charge in [-0.1, -0.05) is 26.7 Å². The molecule has 2 rings (SSSR count). The molecule has 1 fully saturated rings. The van der Waals surface area contributed by atoms with Gasteiger partial charge in [-0.3, -0.25) is 4.68 Å². The molecule has 0 bridgehead atoms. The average Bonchev–Trinajstić information content (AvgIpc) is 3.02. The Morgan fingerprint density at radius 3 is 2.55 bits per heavy atom. The lowest BCUT2D eigenvalue weighted by Gasteiger charge is -2.38. The standard InChI is InChI=1S/C17H31N3/c1-5-11-18-16(17(6-2)9-7-8-10-17)13-15-12-14(3)19-20(15)4/h12,16,18H,5-11,13H2,1-4H3. The summed E-state index contributed by atoms with van der Waals surface area (Å²) in [6, 6.07) is 2.85. The highest BCUT2D eigenvalue weighted by Crippen LogP contribution is 2.44. The van der Waals surface area contributed by atoms with Crippen LogP contribution in [0.4, 0.5) is 0 Å². The van der Waals surface area contributed by atoms with Gasteiger partial charge in [-0.15, -0.1) is 0 Å². The van der Waals surface area contributed by atoms with E-state index in [9.17, 15) is 0 Å². The van der Waals surface area contributed by atoms with E-state index in [4.69, 9.17) is 0 Å². The number of aromatic nitrogens is 2. The van der Waals surface area contributed by atoms with Crippen LogP contribution in [0, 0.1) is 12.3 Å². The molecule has 1 unspecified atom stereocenters. The number of hydrogen-bond donors (Lipinski definition) is 1. The molecule has 1 saturated carbocycles. The van der Waals surface area contributed by atoms with Gasteiger partial charge in [0.1, 0.15) is 0 Å². The fourth-order valence-corrected chi connectivity index (χ4v) is 3.92. The van der Waals surface area contributed by atoms with Crippen molar-refractivity contribution in [2.24, 2.45) is 12.5 Å². The maximum Gasteiger partial charge on any atom is 0.0596 e. The van der Waals surface area contributed by atoms with Crippen LogP contribution in [-0.4, -0.2) is 22.4 Å². The minimum atomic E-state index is 0.507. The highest BCUT2D eigenvalue weighted by molar-refractivity contribution is 5.12. The van der Waals surface area contributed by atoms with Gasteiger partial charge in [-0.25, -0.2) is 0 Å². The molecular weight excluding hydrogens is 246 g/mol. The summed E-state index contributed by atoms with van der Waals surface area (Å²) in [7, 11) is 2.08. The maximum absolute atomic E-state index is 4.51. The Kier molecular flexibility index (Phi) is 5.25. The summed E-state index contributed by atoms with van der Waals surface area (Å²) in [6.45, 7) is 7.85. The monoisotopic (exact) mass is 277 g/mol. The van der Waals surface area contributed by atoms with Gasteiger partial charge in [-0.05, 0) is 50.6 Å². The van der Waals surface area contributed by atoms with Gasteiger partial charge in [0.25, 0.3) is 0 Å². The molecule has 0 aliphatic heterocycles. The van der Waals surface area contributed by atoms with Crippen molar-refractivity contribution >= 4 is 0 Å². The van der Waals surface area contributed by atoms with E-state index in [1.807, 2.05) is 0 Å². The van der Waals surface area contributed by atoms with Gasteiger partial charge < -0.3 is 5.32 Å². The van der Waals surface area contributed by atoms with Crippen molar-refractivity contribution in [3.05, 3.63) is 17.5 Å². The minimum Gasteiger partial charge on any atom is -0.313 e. The third-order valence-corrected chi connectivity index (χ3v) is 5.20. The first-order chi connectivity index (χ1) is 9.61. The summed E-state index contributed by atoms with van der Waals surface area (Å²) >= 11 is 0. The molecule has 1 N–H and O–H groups in total. The van der Waals surface area contributed by atoms with Gasteiger partial charge in [-0.2, -0.15) is 5.10 Å². The molecule has 1 aromatic rings. The zero-order valence-electron chi connectivity index (χ0n) is 13.7. The largest absolute Gasteiger partial charge is 0.313 e. The lowest BCUT2D eigenvalue weighted by atomic mass is 9.74. The average molecular weight is 277 g/mol. The van der Waals surface area contributed by atoms with E-state index in [0.717, 1.165) is 18.7 Å². The first-order valence-electron chi connectivity index (χ1n) is 8.34. The van der Waals surface area contributed by atoms with Crippen LogP contribution in [0.25, 0.3) is 0 Å². The van der Waals surface area contributed by atoms with Crippen molar-refractivity contribution in [1.82, 2.24) is 15.1 Å². The molecule has 1 heterocycles. The van der Waals surface area contributed by atoms with E-state index in [-0.39, 0.29) is 0 Å². The quantitative estimate of drug-likeness (QED) is 0.825. The van der Waals surface area contributed by atoms with E-state index in [1.165, 1.54) is 44.2 Å². The number of hydrogen-bond acceptors (Lipinski definition) is 2. The predicted octanol–water partition coefficient (Wildman–Crippen LogP) is 3.61. The van der Waals surface area contributed by atoms with E-state index in [0.29, 0.717) is 11.5 Å². The van der Waals surface area contributed by atoms with E-state index >= 15 is 0 Å². The van der Waals surface area contributed by atoms with Crippen molar-refractivity contribution < 1.29 is 0 Å². The van der Waals surface area contributed by atoms with Gasteiger partial charge in [0.05, 0.1) is 5.69 Å². The Morgan fingerprint density at radius 2 is 2.05 bits per heavy atom. The van der Waals surface area contributed by atoms with Gasteiger partial charge in [0, 0.05) is 25.2 Å². The first-order valence-corrected chi connectivity index (χ1v) is 8.34. The third-order valence-electron chi connectivity index (χ3n) is 5.20. The van der Waals surface area contributed by atoms with E-state index in [1.54, 1.807) is 0 Å². The molecule has 114 valence electrons. The predicted molar refractivity (Wildman–Crippen MR) is 84.9 cm³/mol. The van der Waals surface area contributed by atoms with Crippen molar-refractivity contribution in [2.45, 2.75) is 71.8 Å². The molecule has 0 amide bonds. The highest BCUT2D eigenvalue weighted by atomic mass is 15.3. The Bertz CT molecular complexity index is 416. The fraction of sp³-hybridized carbons (Fsp3) is 0.824. The Labute approximate surface area is 124 Å². The summed E-state index contributed by atoms with van der Waals surface area (Å²) in [5.41, 5.74) is 3.01. The zero-order valence-corrected chi connectivity index (χ0v) is 13.7. The lowest BCUT2D eigenvalue weighted by molar-refractivity contribution is 0.182. The Hall–Kier alpha value is -0.830. The summed E-state index contributed by atoms with van der Waals surface area (Å²) in [5.74, 6) is 0. The van der Waals surface area contributed by atoms with Crippen molar-refractivity contribution in [2.75, 3.05) is 6.54 Å². The van der Waals surface area contributed by atoms with Crippen LogP contribution in [0.3, 0.4) is 0 Å². The van der Waals surface area contributed by atoms with Gasteiger partial charge in [0.15, 0.2) is 0 Å². The molecule has 1 aliphatic rings. The molecule has 1 aliphatic carbocycles. The third kappa shape index (κ3) is 3.25. The minimum absolute atomic E-state index is 0.507. The highest BCUT2D eigenvalue weighted by Gasteiger charge is 2.39. The van der Waals surface area contributed by atoms with Crippen LogP contribution in [0.1, 0.15) is 63.8 Å². The number of nitrogens with one attached hydrogen (secondary N) is 1. The second kappa shape index (κ2) is 6.75. The van der Waals surface area contributed by atoms with Crippen LogP contribution in [0.15, 0.2) is 6.07 Å². The van der Waals surface area contributed by atoms with Gasteiger partial charge in [0.2, 0.25) is 0 Å². The Balaban J connectivity index is 2.16. The maximum atomic E-state index is 4.51.